The quantitative estimate of drug-likeness (QED) is 0.476. The largest absolute Gasteiger partial charge is 0.191 e. The van der Waals surface area contributed by atoms with Crippen LogP contribution in [0.4, 0.5) is 0 Å². The third-order valence-corrected chi connectivity index (χ3v) is 1.11. The Hall–Kier alpha value is -0.370. The van der Waals surface area contributed by atoms with Crippen molar-refractivity contribution in [2.45, 2.75) is 6.92 Å². The second-order valence-corrected chi connectivity index (χ2v) is 2.08. The molecule has 1 heterocycles. The van der Waals surface area contributed by atoms with Gasteiger partial charge in [-0.3, -0.25) is 0 Å². The van der Waals surface area contributed by atoms with Gasteiger partial charge in [0.1, 0.15) is 6.20 Å². The van der Waals surface area contributed by atoms with Crippen LogP contribution in [0.5, 0.6) is 0 Å². The van der Waals surface area contributed by atoms with Crippen molar-refractivity contribution in [1.29, 1.82) is 0 Å². The summed E-state index contributed by atoms with van der Waals surface area (Å²) in [5.41, 5.74) is 0. The standard InChI is InChI=1S/C4H4NS/c1-4-2-3-5-6-4/h2H,1H3. The van der Waals surface area contributed by atoms with Gasteiger partial charge in [0, 0.05) is 4.88 Å². The predicted octanol–water partition coefficient (Wildman–Crippen LogP) is 1.25. The van der Waals surface area contributed by atoms with E-state index < -0.39 is 0 Å². The van der Waals surface area contributed by atoms with Gasteiger partial charge < -0.3 is 0 Å². The normalized spacial score (nSPS) is 8.83. The molecular formula is C4H4NS. The number of hydrogen-bond acceptors (Lipinski definition) is 2. The van der Waals surface area contributed by atoms with Gasteiger partial charge in [0.2, 0.25) is 0 Å². The van der Waals surface area contributed by atoms with Gasteiger partial charge in [0.05, 0.1) is 0 Å². The molecule has 0 spiro atoms. The van der Waals surface area contributed by atoms with Crippen LogP contribution in [0.15, 0.2) is 6.07 Å². The van der Waals surface area contributed by atoms with Crippen LogP contribution in [-0.2, 0) is 0 Å². The lowest BCUT2D eigenvalue weighted by Gasteiger charge is -1.62. The third kappa shape index (κ3) is 0.571. The lowest BCUT2D eigenvalue weighted by atomic mass is 10.6. The zero-order valence-electron chi connectivity index (χ0n) is 3.43. The first kappa shape index (κ1) is 3.81. The summed E-state index contributed by atoms with van der Waals surface area (Å²) >= 11 is 1.47. The molecule has 2 heteroatoms. The Morgan fingerprint density at radius 3 is 3.00 bits per heavy atom. The van der Waals surface area contributed by atoms with E-state index in [0.29, 0.717) is 0 Å². The van der Waals surface area contributed by atoms with Crippen LogP contribution >= 0.6 is 11.5 Å². The molecule has 1 nitrogen and oxygen atoms in total. The van der Waals surface area contributed by atoms with E-state index in [9.17, 15) is 0 Å². The van der Waals surface area contributed by atoms with Gasteiger partial charge in [0.15, 0.2) is 0 Å². The second kappa shape index (κ2) is 1.39. The van der Waals surface area contributed by atoms with Gasteiger partial charge in [-0.1, -0.05) is 0 Å². The van der Waals surface area contributed by atoms with Crippen molar-refractivity contribution < 1.29 is 0 Å². The molecule has 0 aliphatic heterocycles. The molecule has 31 valence electrons. The number of rotatable bonds is 0. The van der Waals surface area contributed by atoms with Gasteiger partial charge in [-0.2, -0.15) is 4.37 Å². The number of nitrogens with zero attached hydrogens (tertiary/aromatic N) is 1. The minimum Gasteiger partial charge on any atom is -0.191 e. The predicted molar refractivity (Wildman–Crippen MR) is 25.7 cm³/mol. The van der Waals surface area contributed by atoms with Crippen LogP contribution < -0.4 is 0 Å². The zero-order chi connectivity index (χ0) is 4.41. The zero-order valence-corrected chi connectivity index (χ0v) is 4.25. The average molecular weight is 98.2 g/mol. The number of aromatic nitrogens is 1. The van der Waals surface area contributed by atoms with Gasteiger partial charge in [0.25, 0.3) is 0 Å². The van der Waals surface area contributed by atoms with Crippen molar-refractivity contribution >= 4 is 11.5 Å². The molecule has 1 aromatic rings. The fourth-order valence-corrected chi connectivity index (χ4v) is 0.597. The van der Waals surface area contributed by atoms with Crippen molar-refractivity contribution in [1.82, 2.24) is 4.37 Å². The summed E-state index contributed by atoms with van der Waals surface area (Å²) in [6.45, 7) is 2.01. The molecule has 0 aliphatic carbocycles. The highest BCUT2D eigenvalue weighted by Gasteiger charge is 1.77. The van der Waals surface area contributed by atoms with Crippen molar-refractivity contribution in [3.63, 3.8) is 0 Å². The average Bonchev–Trinajstić information content (AvgIpc) is 1.86. The van der Waals surface area contributed by atoms with Crippen LogP contribution in [0.1, 0.15) is 4.88 Å². The van der Waals surface area contributed by atoms with E-state index in [1.165, 1.54) is 16.4 Å². The molecule has 1 radical (unpaired) electrons. The highest BCUT2D eigenvalue weighted by atomic mass is 32.1. The molecule has 0 aromatic carbocycles. The van der Waals surface area contributed by atoms with E-state index in [1.54, 1.807) is 0 Å². The first-order valence-electron chi connectivity index (χ1n) is 1.69. The first-order chi connectivity index (χ1) is 2.89. The second-order valence-electron chi connectivity index (χ2n) is 1.07. The van der Waals surface area contributed by atoms with Crippen LogP contribution in [0.25, 0.3) is 0 Å². The molecular weight excluding hydrogens is 94.1 g/mol. The van der Waals surface area contributed by atoms with Crippen molar-refractivity contribution in [3.8, 4) is 0 Å². The van der Waals surface area contributed by atoms with Gasteiger partial charge in [-0.15, -0.1) is 0 Å². The Labute approximate surface area is 40.8 Å². The summed E-state index contributed by atoms with van der Waals surface area (Å²) in [4.78, 5) is 1.22. The molecule has 0 fully saturated rings. The van der Waals surface area contributed by atoms with Crippen LogP contribution in [0, 0.1) is 13.1 Å². The fraction of sp³-hybridized carbons (Fsp3) is 0.250. The summed E-state index contributed by atoms with van der Waals surface area (Å²) in [5.74, 6) is 0. The molecule has 1 aromatic heterocycles. The third-order valence-electron chi connectivity index (χ3n) is 0.510. The number of aryl methyl sites for hydroxylation is 1. The Kier molecular flexibility index (Phi) is 0.881. The van der Waals surface area contributed by atoms with Crippen molar-refractivity contribution in [3.05, 3.63) is 17.1 Å². The first-order valence-corrected chi connectivity index (χ1v) is 2.46. The van der Waals surface area contributed by atoms with E-state index in [-0.39, 0.29) is 0 Å². The molecule has 0 saturated carbocycles. The van der Waals surface area contributed by atoms with Gasteiger partial charge in [-0.25, -0.2) is 0 Å². The van der Waals surface area contributed by atoms with Crippen LogP contribution in [0.2, 0.25) is 0 Å². The summed E-state index contributed by atoms with van der Waals surface area (Å²) in [6, 6.07) is 1.87. The lowest BCUT2D eigenvalue weighted by Crippen LogP contribution is -1.43. The van der Waals surface area contributed by atoms with E-state index >= 15 is 0 Å². The summed E-state index contributed by atoms with van der Waals surface area (Å²) < 4.78 is 3.74. The Morgan fingerprint density at radius 1 is 2.00 bits per heavy atom. The molecule has 0 amide bonds. The van der Waals surface area contributed by atoms with Crippen molar-refractivity contribution in [2.75, 3.05) is 0 Å². The minimum atomic E-state index is 1.22. The van der Waals surface area contributed by atoms with E-state index in [2.05, 4.69) is 10.6 Å². The van der Waals surface area contributed by atoms with Crippen LogP contribution in [-0.4, -0.2) is 4.37 Å². The maximum Gasteiger partial charge on any atom is 0.104 e. The van der Waals surface area contributed by atoms with Crippen molar-refractivity contribution in [2.24, 2.45) is 0 Å². The molecule has 0 bridgehead atoms. The summed E-state index contributed by atoms with van der Waals surface area (Å²) in [7, 11) is 0. The maximum atomic E-state index is 3.74. The van der Waals surface area contributed by atoms with E-state index in [0.717, 1.165) is 0 Å². The summed E-state index contributed by atoms with van der Waals surface area (Å²) in [6.07, 6.45) is 2.70. The molecule has 0 atom stereocenters. The van der Waals surface area contributed by atoms with E-state index in [4.69, 9.17) is 0 Å². The molecule has 0 unspecified atom stereocenters. The monoisotopic (exact) mass is 98.0 g/mol. The topological polar surface area (TPSA) is 12.9 Å². The van der Waals surface area contributed by atoms with Gasteiger partial charge in [-0.05, 0) is 24.5 Å². The fourth-order valence-electron chi connectivity index (χ4n) is 0.242. The Morgan fingerprint density at radius 2 is 2.83 bits per heavy atom. The molecule has 0 N–H and O–H groups in total. The molecule has 6 heavy (non-hydrogen) atoms. The van der Waals surface area contributed by atoms with Crippen LogP contribution in [0.3, 0.4) is 0 Å². The van der Waals surface area contributed by atoms with Gasteiger partial charge >= 0.3 is 0 Å². The Balaban J connectivity index is 3.05. The minimum absolute atomic E-state index is 1.22. The molecule has 0 aliphatic rings. The Bertz CT molecular complexity index is 111. The highest BCUT2D eigenvalue weighted by molar-refractivity contribution is 7.05. The van der Waals surface area contributed by atoms with E-state index in [1.807, 2.05) is 13.0 Å². The maximum absolute atomic E-state index is 3.74. The highest BCUT2D eigenvalue weighted by Crippen LogP contribution is 1.97. The smallest absolute Gasteiger partial charge is 0.104 e. The molecule has 0 saturated heterocycles. The summed E-state index contributed by atoms with van der Waals surface area (Å²) in [5, 5.41) is 0. The SMILES string of the molecule is Cc1c[c]ns1. The molecule has 1 rings (SSSR count). The lowest BCUT2D eigenvalue weighted by molar-refractivity contribution is 1.54. The number of hydrogen-bond donors (Lipinski definition) is 0.